The van der Waals surface area contributed by atoms with E-state index in [0.717, 1.165) is 19.3 Å². The molecule has 1 aliphatic rings. The summed E-state index contributed by atoms with van der Waals surface area (Å²) in [5.74, 6) is 0.489. The van der Waals surface area contributed by atoms with Crippen molar-refractivity contribution < 1.29 is 14.6 Å². The lowest BCUT2D eigenvalue weighted by molar-refractivity contribution is 0.0966. The van der Waals surface area contributed by atoms with Gasteiger partial charge < -0.3 is 19.9 Å². The maximum Gasteiger partial charge on any atom is 0.139 e. The molecule has 0 bridgehead atoms. The van der Waals surface area contributed by atoms with Crippen molar-refractivity contribution >= 4 is 23.2 Å². The van der Waals surface area contributed by atoms with Gasteiger partial charge in [-0.15, -0.1) is 0 Å². The van der Waals surface area contributed by atoms with E-state index in [1.54, 1.807) is 25.3 Å². The molecule has 1 aliphatic carbocycles. The zero-order chi connectivity index (χ0) is 15.2. The van der Waals surface area contributed by atoms with Gasteiger partial charge in [0.25, 0.3) is 0 Å². The molecule has 6 heteroatoms. The number of ether oxygens (including phenoxy) is 2. The maximum absolute atomic E-state index is 9.96. The minimum atomic E-state index is -0.596. The lowest BCUT2D eigenvalue weighted by Gasteiger charge is -2.17. The molecule has 0 aromatic heterocycles. The summed E-state index contributed by atoms with van der Waals surface area (Å²) in [5, 5.41) is 14.3. The second-order valence-electron chi connectivity index (χ2n) is 5.32. The van der Waals surface area contributed by atoms with Crippen LogP contribution in [0.5, 0.6) is 5.75 Å². The highest BCUT2D eigenvalue weighted by Gasteiger charge is 2.24. The van der Waals surface area contributed by atoms with Gasteiger partial charge in [-0.2, -0.15) is 0 Å². The lowest BCUT2D eigenvalue weighted by atomic mass is 10.2. The van der Waals surface area contributed by atoms with Crippen molar-refractivity contribution in [3.63, 3.8) is 0 Å². The molecule has 0 heterocycles. The molecule has 118 valence electrons. The van der Waals surface area contributed by atoms with Crippen LogP contribution in [0.25, 0.3) is 0 Å². The van der Waals surface area contributed by atoms with E-state index >= 15 is 0 Å². The molecular weight excluding hydrogens is 313 g/mol. The van der Waals surface area contributed by atoms with Crippen LogP contribution in [-0.2, 0) is 4.74 Å². The molecule has 3 atom stereocenters. The van der Waals surface area contributed by atoms with Gasteiger partial charge in [-0.3, -0.25) is 0 Å². The van der Waals surface area contributed by atoms with Gasteiger partial charge in [0.15, 0.2) is 0 Å². The minimum absolute atomic E-state index is 0.174. The number of halogens is 2. The van der Waals surface area contributed by atoms with Gasteiger partial charge in [-0.05, 0) is 31.4 Å². The largest absolute Gasteiger partial charge is 0.489 e. The van der Waals surface area contributed by atoms with Crippen LogP contribution >= 0.6 is 23.2 Å². The van der Waals surface area contributed by atoms with Crippen LogP contribution < -0.4 is 10.1 Å². The van der Waals surface area contributed by atoms with Crippen LogP contribution in [-0.4, -0.2) is 43.6 Å². The molecule has 0 aliphatic heterocycles. The monoisotopic (exact) mass is 333 g/mol. The van der Waals surface area contributed by atoms with Gasteiger partial charge in [0.05, 0.1) is 11.1 Å². The topological polar surface area (TPSA) is 50.7 Å². The van der Waals surface area contributed by atoms with Gasteiger partial charge >= 0.3 is 0 Å². The molecule has 0 amide bonds. The first kappa shape index (κ1) is 16.8. The van der Waals surface area contributed by atoms with Gasteiger partial charge in [0, 0.05) is 30.8 Å². The molecule has 0 radical (unpaired) electrons. The highest BCUT2D eigenvalue weighted by atomic mass is 35.5. The summed E-state index contributed by atoms with van der Waals surface area (Å²) in [5.41, 5.74) is 0. The van der Waals surface area contributed by atoms with E-state index in [1.165, 1.54) is 0 Å². The first-order valence-corrected chi connectivity index (χ1v) is 7.86. The van der Waals surface area contributed by atoms with Crippen molar-refractivity contribution in [2.24, 2.45) is 0 Å². The highest BCUT2D eigenvalue weighted by Crippen LogP contribution is 2.27. The molecule has 2 rings (SSSR count). The van der Waals surface area contributed by atoms with Crippen LogP contribution in [0.15, 0.2) is 18.2 Å². The average Bonchev–Trinajstić information content (AvgIpc) is 2.94. The molecule has 0 spiro atoms. The van der Waals surface area contributed by atoms with Crippen LogP contribution in [0.4, 0.5) is 0 Å². The highest BCUT2D eigenvalue weighted by molar-refractivity contribution is 6.34. The molecule has 1 fully saturated rings. The van der Waals surface area contributed by atoms with Crippen molar-refractivity contribution in [2.45, 2.75) is 37.5 Å². The standard InChI is InChI=1S/C15H21Cl2NO3/c1-20-13-4-3-11(7-13)18-8-12(19)9-21-15-6-10(16)2-5-14(15)17/h2,5-6,11-13,18-19H,3-4,7-9H2,1H3. The second-order valence-corrected chi connectivity index (χ2v) is 6.16. The fraction of sp³-hybridized carbons (Fsp3) is 0.600. The van der Waals surface area contributed by atoms with Crippen molar-refractivity contribution in [1.82, 2.24) is 5.32 Å². The van der Waals surface area contributed by atoms with E-state index in [4.69, 9.17) is 32.7 Å². The zero-order valence-electron chi connectivity index (χ0n) is 12.0. The first-order chi connectivity index (χ1) is 10.1. The lowest BCUT2D eigenvalue weighted by Crippen LogP contribution is -2.37. The third-order valence-electron chi connectivity index (χ3n) is 3.68. The summed E-state index contributed by atoms with van der Waals surface area (Å²) in [4.78, 5) is 0. The quantitative estimate of drug-likeness (QED) is 0.805. The third-order valence-corrected chi connectivity index (χ3v) is 4.23. The third kappa shape index (κ3) is 5.31. The number of aliphatic hydroxyl groups excluding tert-OH is 1. The predicted molar refractivity (Wildman–Crippen MR) is 84.4 cm³/mol. The second kappa shape index (κ2) is 8.20. The summed E-state index contributed by atoms with van der Waals surface area (Å²) in [7, 11) is 1.74. The van der Waals surface area contributed by atoms with E-state index in [1.807, 2.05) is 0 Å². The minimum Gasteiger partial charge on any atom is -0.489 e. The van der Waals surface area contributed by atoms with Crippen molar-refractivity contribution in [2.75, 3.05) is 20.3 Å². The predicted octanol–water partition coefficient (Wildman–Crippen LogP) is 2.89. The summed E-state index contributed by atoms with van der Waals surface area (Å²) in [6, 6.07) is 5.41. The molecule has 0 saturated heterocycles. The summed E-state index contributed by atoms with van der Waals surface area (Å²) in [6.45, 7) is 0.659. The van der Waals surface area contributed by atoms with Crippen molar-refractivity contribution in [1.29, 1.82) is 0 Å². The number of hydrogen-bond acceptors (Lipinski definition) is 4. The Labute approximate surface area is 135 Å². The maximum atomic E-state index is 9.96. The number of benzene rings is 1. The Kier molecular flexibility index (Phi) is 6.58. The number of methoxy groups -OCH3 is 1. The smallest absolute Gasteiger partial charge is 0.139 e. The Morgan fingerprint density at radius 3 is 2.90 bits per heavy atom. The Morgan fingerprint density at radius 1 is 1.38 bits per heavy atom. The molecule has 1 aromatic rings. The SMILES string of the molecule is COC1CCC(NCC(O)COc2cc(Cl)ccc2Cl)C1. The normalized spacial score (nSPS) is 23.2. The Bertz CT molecular complexity index is 459. The van der Waals surface area contributed by atoms with Crippen molar-refractivity contribution in [3.8, 4) is 5.75 Å². The van der Waals surface area contributed by atoms with Crippen LogP contribution in [0, 0.1) is 0 Å². The van der Waals surface area contributed by atoms with Gasteiger partial charge in [-0.1, -0.05) is 23.2 Å². The molecular formula is C15H21Cl2NO3. The molecule has 2 N–H and O–H groups in total. The van der Waals surface area contributed by atoms with Gasteiger partial charge in [0.1, 0.15) is 18.5 Å². The number of nitrogens with one attached hydrogen (secondary N) is 1. The Balaban J connectivity index is 1.70. The van der Waals surface area contributed by atoms with Gasteiger partial charge in [-0.25, -0.2) is 0 Å². The fourth-order valence-electron chi connectivity index (χ4n) is 2.48. The summed E-state index contributed by atoms with van der Waals surface area (Å²) >= 11 is 11.9. The Morgan fingerprint density at radius 2 is 2.19 bits per heavy atom. The molecule has 4 nitrogen and oxygen atoms in total. The summed E-state index contributed by atoms with van der Waals surface area (Å²) < 4.78 is 10.8. The van der Waals surface area contributed by atoms with E-state index in [9.17, 15) is 5.11 Å². The van der Waals surface area contributed by atoms with E-state index in [0.29, 0.717) is 34.5 Å². The van der Waals surface area contributed by atoms with Gasteiger partial charge in [0.2, 0.25) is 0 Å². The van der Waals surface area contributed by atoms with Crippen LogP contribution in [0.1, 0.15) is 19.3 Å². The molecule has 1 saturated carbocycles. The summed E-state index contributed by atoms with van der Waals surface area (Å²) in [6.07, 6.45) is 2.87. The fourth-order valence-corrected chi connectivity index (χ4v) is 2.81. The average molecular weight is 334 g/mol. The first-order valence-electron chi connectivity index (χ1n) is 7.10. The number of rotatable bonds is 7. The zero-order valence-corrected chi connectivity index (χ0v) is 13.5. The van der Waals surface area contributed by atoms with E-state index < -0.39 is 6.10 Å². The Hall–Kier alpha value is -0.520. The van der Waals surface area contributed by atoms with Crippen LogP contribution in [0.3, 0.4) is 0 Å². The molecule has 1 aromatic carbocycles. The van der Waals surface area contributed by atoms with E-state index in [-0.39, 0.29) is 6.61 Å². The number of hydrogen-bond donors (Lipinski definition) is 2. The van der Waals surface area contributed by atoms with Crippen LogP contribution in [0.2, 0.25) is 10.0 Å². The van der Waals surface area contributed by atoms with E-state index in [2.05, 4.69) is 5.32 Å². The number of aliphatic hydroxyl groups is 1. The molecule has 21 heavy (non-hydrogen) atoms. The molecule has 3 unspecified atom stereocenters. The van der Waals surface area contributed by atoms with Crippen molar-refractivity contribution in [3.05, 3.63) is 28.2 Å².